The topological polar surface area (TPSA) is 61.4 Å². The molecule has 0 aliphatic carbocycles. The Balaban J connectivity index is 0.00000280. The lowest BCUT2D eigenvalue weighted by Crippen LogP contribution is -2.36. The maximum Gasteiger partial charge on any atom is 0.191 e. The van der Waals surface area contributed by atoms with E-state index in [1.165, 1.54) is 5.39 Å². The van der Waals surface area contributed by atoms with Crippen LogP contribution < -0.4 is 15.4 Å². The third kappa shape index (κ3) is 6.02. The van der Waals surface area contributed by atoms with Crippen molar-refractivity contribution in [2.45, 2.75) is 20.0 Å². The summed E-state index contributed by atoms with van der Waals surface area (Å²) in [6.07, 6.45) is 1.74. The molecule has 0 aliphatic heterocycles. The number of H-pyrrole nitrogens is 1. The van der Waals surface area contributed by atoms with Gasteiger partial charge in [0.1, 0.15) is 12.4 Å². The van der Waals surface area contributed by atoms with Gasteiger partial charge in [-0.1, -0.05) is 49.1 Å². The van der Waals surface area contributed by atoms with Crippen LogP contribution in [0.3, 0.4) is 0 Å². The summed E-state index contributed by atoms with van der Waals surface area (Å²) >= 11 is 0. The van der Waals surface area contributed by atoms with Gasteiger partial charge in [-0.2, -0.15) is 0 Å². The third-order valence-corrected chi connectivity index (χ3v) is 4.11. The van der Waals surface area contributed by atoms with Crippen molar-refractivity contribution >= 4 is 40.8 Å². The molecule has 3 aromatic rings. The van der Waals surface area contributed by atoms with Gasteiger partial charge in [-0.25, -0.2) is 4.99 Å². The number of ether oxygens (including phenoxy) is 1. The number of benzene rings is 2. The summed E-state index contributed by atoms with van der Waals surface area (Å²) < 4.78 is 5.71. The van der Waals surface area contributed by atoms with E-state index in [4.69, 9.17) is 9.73 Å². The molecule has 0 atom stereocenters. The molecule has 6 heteroatoms. The molecule has 0 bridgehead atoms. The Morgan fingerprint density at radius 1 is 1.14 bits per heavy atom. The Labute approximate surface area is 183 Å². The summed E-state index contributed by atoms with van der Waals surface area (Å²) in [4.78, 5) is 8.12. The molecule has 3 rings (SSSR count). The standard InChI is InChI=1S/C22H26N4O.HI/c1-3-13-27-21-12-8-6-10-18(21)15-24-22(23-4-2)25-16-19-14-17-9-5-7-11-20(17)26-19;/h3,5-12,14,26H,1,4,13,15-16H2,2H3,(H2,23,24,25);1H. The maximum absolute atomic E-state index is 5.71. The van der Waals surface area contributed by atoms with Crippen LogP contribution >= 0.6 is 24.0 Å². The van der Waals surface area contributed by atoms with E-state index in [0.717, 1.165) is 35.0 Å². The quantitative estimate of drug-likeness (QED) is 0.187. The highest BCUT2D eigenvalue weighted by Crippen LogP contribution is 2.19. The van der Waals surface area contributed by atoms with E-state index in [0.29, 0.717) is 19.7 Å². The molecule has 2 aromatic carbocycles. The Morgan fingerprint density at radius 3 is 2.71 bits per heavy atom. The van der Waals surface area contributed by atoms with E-state index < -0.39 is 0 Å². The normalized spacial score (nSPS) is 11.0. The number of hydrogen-bond donors (Lipinski definition) is 3. The Hall–Kier alpha value is -2.48. The first-order valence-corrected chi connectivity index (χ1v) is 9.20. The highest BCUT2D eigenvalue weighted by atomic mass is 127. The maximum atomic E-state index is 5.71. The van der Waals surface area contributed by atoms with Crippen molar-refractivity contribution in [2.24, 2.45) is 4.99 Å². The van der Waals surface area contributed by atoms with Crippen molar-refractivity contribution in [3.8, 4) is 5.75 Å². The second-order valence-corrected chi connectivity index (χ2v) is 6.14. The molecule has 0 saturated heterocycles. The average molecular weight is 490 g/mol. The van der Waals surface area contributed by atoms with Crippen molar-refractivity contribution in [2.75, 3.05) is 13.2 Å². The number of nitrogens with one attached hydrogen (secondary N) is 3. The van der Waals surface area contributed by atoms with Gasteiger partial charge in [-0.15, -0.1) is 24.0 Å². The minimum atomic E-state index is 0. The minimum absolute atomic E-state index is 0. The van der Waals surface area contributed by atoms with Gasteiger partial charge in [0.2, 0.25) is 0 Å². The first-order chi connectivity index (χ1) is 13.3. The molecule has 3 N–H and O–H groups in total. The van der Waals surface area contributed by atoms with Crippen LogP contribution in [-0.4, -0.2) is 24.1 Å². The number of fused-ring (bicyclic) bond motifs is 1. The van der Waals surface area contributed by atoms with Crippen molar-refractivity contribution < 1.29 is 4.74 Å². The number of guanidine groups is 1. The van der Waals surface area contributed by atoms with E-state index in [-0.39, 0.29) is 24.0 Å². The summed E-state index contributed by atoms with van der Waals surface area (Å²) in [6, 6.07) is 18.4. The predicted molar refractivity (Wildman–Crippen MR) is 128 cm³/mol. The van der Waals surface area contributed by atoms with Crippen molar-refractivity contribution in [1.29, 1.82) is 0 Å². The fourth-order valence-corrected chi connectivity index (χ4v) is 2.84. The number of nitrogens with zero attached hydrogens (tertiary/aromatic N) is 1. The zero-order valence-corrected chi connectivity index (χ0v) is 18.4. The van der Waals surface area contributed by atoms with Gasteiger partial charge in [0.05, 0.1) is 13.1 Å². The lowest BCUT2D eigenvalue weighted by Gasteiger charge is -2.12. The SMILES string of the molecule is C=CCOc1ccccc1CN=C(NCC)NCc1cc2ccccc2[nH]1.I. The van der Waals surface area contributed by atoms with Crippen LogP contribution in [0, 0.1) is 0 Å². The van der Waals surface area contributed by atoms with Crippen molar-refractivity contribution in [1.82, 2.24) is 15.6 Å². The van der Waals surface area contributed by atoms with Crippen LogP contribution in [0.5, 0.6) is 5.75 Å². The lowest BCUT2D eigenvalue weighted by molar-refractivity contribution is 0.359. The number of aromatic nitrogens is 1. The zero-order chi connectivity index (χ0) is 18.9. The monoisotopic (exact) mass is 490 g/mol. The van der Waals surface area contributed by atoms with Crippen LogP contribution in [0.2, 0.25) is 0 Å². The van der Waals surface area contributed by atoms with Crippen LogP contribution in [0.25, 0.3) is 10.9 Å². The van der Waals surface area contributed by atoms with Gasteiger partial charge < -0.3 is 20.4 Å². The molecule has 0 radical (unpaired) electrons. The fraction of sp³-hybridized carbons (Fsp3) is 0.227. The number of aromatic amines is 1. The van der Waals surface area contributed by atoms with Crippen LogP contribution in [-0.2, 0) is 13.1 Å². The van der Waals surface area contributed by atoms with Crippen molar-refractivity contribution in [3.63, 3.8) is 0 Å². The molecule has 0 aliphatic rings. The Kier molecular flexibility index (Phi) is 8.87. The average Bonchev–Trinajstić information content (AvgIpc) is 3.12. The molecule has 1 heterocycles. The second kappa shape index (κ2) is 11.4. The second-order valence-electron chi connectivity index (χ2n) is 6.14. The number of hydrogen-bond acceptors (Lipinski definition) is 2. The first-order valence-electron chi connectivity index (χ1n) is 9.20. The highest BCUT2D eigenvalue weighted by molar-refractivity contribution is 14.0. The highest BCUT2D eigenvalue weighted by Gasteiger charge is 2.05. The van der Waals surface area contributed by atoms with E-state index in [2.05, 4.69) is 47.3 Å². The molecule has 28 heavy (non-hydrogen) atoms. The van der Waals surface area contributed by atoms with E-state index in [1.54, 1.807) is 6.08 Å². The molecule has 5 nitrogen and oxygen atoms in total. The summed E-state index contributed by atoms with van der Waals surface area (Å²) in [6.45, 7) is 8.25. The van der Waals surface area contributed by atoms with Crippen LogP contribution in [0.15, 0.2) is 72.2 Å². The Morgan fingerprint density at radius 2 is 1.93 bits per heavy atom. The predicted octanol–water partition coefficient (Wildman–Crippen LogP) is 4.61. The third-order valence-electron chi connectivity index (χ3n) is 4.11. The smallest absolute Gasteiger partial charge is 0.191 e. The number of para-hydroxylation sites is 2. The van der Waals surface area contributed by atoms with E-state index in [1.807, 2.05) is 36.4 Å². The molecule has 0 spiro atoms. The lowest BCUT2D eigenvalue weighted by atomic mass is 10.2. The molecule has 0 fully saturated rings. The van der Waals surface area contributed by atoms with Gasteiger partial charge in [0.25, 0.3) is 0 Å². The summed E-state index contributed by atoms with van der Waals surface area (Å²) in [5, 5.41) is 7.88. The molecule has 0 saturated carbocycles. The van der Waals surface area contributed by atoms with Crippen LogP contribution in [0.1, 0.15) is 18.2 Å². The Bertz CT molecular complexity index is 887. The van der Waals surface area contributed by atoms with Gasteiger partial charge in [-0.05, 0) is 30.5 Å². The van der Waals surface area contributed by atoms with E-state index >= 15 is 0 Å². The van der Waals surface area contributed by atoms with Gasteiger partial charge in [-0.3, -0.25) is 0 Å². The van der Waals surface area contributed by atoms with Gasteiger partial charge >= 0.3 is 0 Å². The molecular weight excluding hydrogens is 463 g/mol. The molecule has 0 amide bonds. The van der Waals surface area contributed by atoms with Crippen LogP contribution in [0.4, 0.5) is 0 Å². The molecule has 1 aromatic heterocycles. The molecule has 148 valence electrons. The number of halogens is 1. The molecule has 0 unspecified atom stereocenters. The zero-order valence-electron chi connectivity index (χ0n) is 16.1. The summed E-state index contributed by atoms with van der Waals surface area (Å²) in [7, 11) is 0. The summed E-state index contributed by atoms with van der Waals surface area (Å²) in [5.74, 6) is 1.61. The minimum Gasteiger partial charge on any atom is -0.489 e. The first kappa shape index (κ1) is 21.8. The fourth-order valence-electron chi connectivity index (χ4n) is 2.84. The van der Waals surface area contributed by atoms with Gasteiger partial charge in [0, 0.05) is 23.3 Å². The van der Waals surface area contributed by atoms with Gasteiger partial charge in [0.15, 0.2) is 5.96 Å². The largest absolute Gasteiger partial charge is 0.489 e. The number of rotatable bonds is 8. The number of aliphatic imine (C=N–C) groups is 1. The van der Waals surface area contributed by atoms with E-state index in [9.17, 15) is 0 Å². The molecular formula is C22H27IN4O. The van der Waals surface area contributed by atoms with Crippen molar-refractivity contribution in [3.05, 3.63) is 78.5 Å². The summed E-state index contributed by atoms with van der Waals surface area (Å²) in [5.41, 5.74) is 3.31.